The summed E-state index contributed by atoms with van der Waals surface area (Å²) in [4.78, 5) is 23.7. The number of ether oxygens (including phenoxy) is 1. The number of esters is 1. The number of carbonyl (C=O) groups is 2. The lowest BCUT2D eigenvalue weighted by atomic mass is 9.98. The number of rotatable bonds is 3. The number of Topliss-reactive ketones (excluding diaryl/α,β-unsaturated/α-hetero) is 1. The van der Waals surface area contributed by atoms with Crippen LogP contribution in [0.3, 0.4) is 0 Å². The summed E-state index contributed by atoms with van der Waals surface area (Å²) in [5.74, 6) is -0.607. The highest BCUT2D eigenvalue weighted by Crippen LogP contribution is 2.41. The van der Waals surface area contributed by atoms with Crippen molar-refractivity contribution in [1.29, 1.82) is 0 Å². The normalized spacial score (nSPS) is 18.0. The summed E-state index contributed by atoms with van der Waals surface area (Å²) in [6.45, 7) is 0. The third-order valence-corrected chi connectivity index (χ3v) is 4.59. The Balaban J connectivity index is 1.96. The number of hydrogen-bond donors (Lipinski definition) is 0. The van der Waals surface area contributed by atoms with Gasteiger partial charge in [0.2, 0.25) is 0 Å². The summed E-state index contributed by atoms with van der Waals surface area (Å²) >= 11 is 9.51. The number of cyclic esters (lactones) is 1. The summed E-state index contributed by atoms with van der Waals surface area (Å²) < 4.78 is 5.33. The molecule has 0 bridgehead atoms. The first-order valence-electron chi connectivity index (χ1n) is 6.32. The van der Waals surface area contributed by atoms with Crippen LogP contribution in [0.4, 0.5) is 0 Å². The van der Waals surface area contributed by atoms with Gasteiger partial charge in [0.25, 0.3) is 0 Å². The molecule has 3 nitrogen and oxygen atoms in total. The molecule has 5 heteroatoms. The Morgan fingerprint density at radius 1 is 1.14 bits per heavy atom. The van der Waals surface area contributed by atoms with Crippen LogP contribution in [0, 0.1) is 0 Å². The predicted molar refractivity (Wildman–Crippen MR) is 83.1 cm³/mol. The van der Waals surface area contributed by atoms with Crippen LogP contribution in [0.2, 0.25) is 5.02 Å². The van der Waals surface area contributed by atoms with E-state index in [-0.39, 0.29) is 5.78 Å². The summed E-state index contributed by atoms with van der Waals surface area (Å²) in [6.07, 6.45) is -0.714. The number of hydrogen-bond acceptors (Lipinski definition) is 3. The molecule has 0 aliphatic carbocycles. The molecule has 21 heavy (non-hydrogen) atoms. The van der Waals surface area contributed by atoms with Crippen molar-refractivity contribution in [3.05, 3.63) is 70.2 Å². The monoisotopic (exact) mass is 364 g/mol. The van der Waals surface area contributed by atoms with Gasteiger partial charge in [0.05, 0.1) is 5.56 Å². The Kier molecular flexibility index (Phi) is 3.83. The summed E-state index contributed by atoms with van der Waals surface area (Å²) in [5, 5.41) is 0.425. The van der Waals surface area contributed by atoms with Crippen molar-refractivity contribution in [2.24, 2.45) is 0 Å². The van der Waals surface area contributed by atoms with Gasteiger partial charge < -0.3 is 4.74 Å². The molecule has 0 amide bonds. The molecule has 2 unspecified atom stereocenters. The Hall–Kier alpha value is -1.65. The van der Waals surface area contributed by atoms with E-state index in [0.29, 0.717) is 21.7 Å². The molecule has 0 saturated carbocycles. The number of benzene rings is 2. The van der Waals surface area contributed by atoms with Crippen molar-refractivity contribution in [1.82, 2.24) is 0 Å². The molecular formula is C16H10BrClO3. The highest BCUT2D eigenvalue weighted by molar-refractivity contribution is 9.10. The SMILES string of the molecule is O=C1OC(C(Br)C(=O)c2ccccc2)c2c(Cl)cccc21. The van der Waals surface area contributed by atoms with E-state index >= 15 is 0 Å². The van der Waals surface area contributed by atoms with Crippen molar-refractivity contribution in [3.8, 4) is 0 Å². The second-order valence-corrected chi connectivity index (χ2v) is 6.05. The van der Waals surface area contributed by atoms with Crippen molar-refractivity contribution in [2.45, 2.75) is 10.9 Å². The molecule has 106 valence electrons. The lowest BCUT2D eigenvalue weighted by Gasteiger charge is -2.17. The van der Waals surface area contributed by atoms with E-state index in [1.165, 1.54) is 0 Å². The minimum atomic E-state index is -0.714. The van der Waals surface area contributed by atoms with Crippen molar-refractivity contribution < 1.29 is 14.3 Å². The Labute approximate surface area is 135 Å². The minimum absolute atomic E-state index is 0.152. The van der Waals surface area contributed by atoms with Crippen LogP contribution in [0.15, 0.2) is 48.5 Å². The molecule has 0 saturated heterocycles. The van der Waals surface area contributed by atoms with E-state index in [0.717, 1.165) is 0 Å². The average molecular weight is 366 g/mol. The first-order chi connectivity index (χ1) is 10.1. The molecule has 0 fully saturated rings. The van der Waals surface area contributed by atoms with Crippen molar-refractivity contribution in [2.75, 3.05) is 0 Å². The van der Waals surface area contributed by atoms with Gasteiger partial charge in [0, 0.05) is 16.1 Å². The van der Waals surface area contributed by atoms with E-state index in [4.69, 9.17) is 16.3 Å². The second kappa shape index (κ2) is 5.62. The zero-order valence-corrected chi connectivity index (χ0v) is 13.1. The van der Waals surface area contributed by atoms with Crippen LogP contribution in [0.1, 0.15) is 32.4 Å². The van der Waals surface area contributed by atoms with E-state index in [9.17, 15) is 9.59 Å². The van der Waals surface area contributed by atoms with Gasteiger partial charge in [-0.05, 0) is 12.1 Å². The molecule has 1 aliphatic heterocycles. The summed E-state index contributed by atoms with van der Waals surface area (Å²) in [6, 6.07) is 13.9. The zero-order valence-electron chi connectivity index (χ0n) is 10.8. The lowest BCUT2D eigenvalue weighted by Crippen LogP contribution is -2.23. The second-order valence-electron chi connectivity index (χ2n) is 4.66. The molecule has 2 aromatic carbocycles. The maximum absolute atomic E-state index is 12.5. The summed E-state index contributed by atoms with van der Waals surface area (Å²) in [7, 11) is 0. The average Bonchev–Trinajstić information content (AvgIpc) is 2.85. The molecule has 0 radical (unpaired) electrons. The van der Waals surface area contributed by atoms with Gasteiger partial charge in [-0.25, -0.2) is 4.79 Å². The third-order valence-electron chi connectivity index (χ3n) is 3.37. The Bertz CT molecular complexity index is 715. The molecule has 2 aromatic rings. The maximum Gasteiger partial charge on any atom is 0.339 e. The van der Waals surface area contributed by atoms with Crippen LogP contribution in [-0.4, -0.2) is 16.6 Å². The smallest absolute Gasteiger partial charge is 0.339 e. The highest BCUT2D eigenvalue weighted by atomic mass is 79.9. The predicted octanol–water partition coefficient (Wildman–Crippen LogP) is 4.20. The minimum Gasteiger partial charge on any atom is -0.452 e. The van der Waals surface area contributed by atoms with Gasteiger partial charge in [0.1, 0.15) is 10.9 Å². The topological polar surface area (TPSA) is 43.4 Å². The fourth-order valence-corrected chi connectivity index (χ4v) is 3.27. The van der Waals surface area contributed by atoms with Crippen molar-refractivity contribution in [3.63, 3.8) is 0 Å². The molecule has 1 aliphatic rings. The van der Waals surface area contributed by atoms with Gasteiger partial charge in [-0.2, -0.15) is 0 Å². The van der Waals surface area contributed by atoms with Gasteiger partial charge >= 0.3 is 5.97 Å². The van der Waals surface area contributed by atoms with E-state index in [2.05, 4.69) is 15.9 Å². The van der Waals surface area contributed by atoms with Crippen LogP contribution >= 0.6 is 27.5 Å². The van der Waals surface area contributed by atoms with Gasteiger partial charge in [-0.1, -0.05) is 63.9 Å². The van der Waals surface area contributed by atoms with Crippen molar-refractivity contribution >= 4 is 39.3 Å². The standard InChI is InChI=1S/C16H10BrClO3/c17-13(14(19)9-5-2-1-3-6-9)15-12-10(16(20)21-15)7-4-8-11(12)18/h1-8,13,15H. The molecule has 2 atom stereocenters. The van der Waals surface area contributed by atoms with Crippen LogP contribution in [0.25, 0.3) is 0 Å². The van der Waals surface area contributed by atoms with Gasteiger partial charge in [-0.3, -0.25) is 4.79 Å². The summed E-state index contributed by atoms with van der Waals surface area (Å²) in [5.41, 5.74) is 1.53. The van der Waals surface area contributed by atoms with E-state index < -0.39 is 16.9 Å². The number of fused-ring (bicyclic) bond motifs is 1. The van der Waals surface area contributed by atoms with Crippen LogP contribution in [-0.2, 0) is 4.74 Å². The third kappa shape index (κ3) is 2.49. The number of halogens is 2. The molecule has 3 rings (SSSR count). The lowest BCUT2D eigenvalue weighted by molar-refractivity contribution is 0.0383. The first-order valence-corrected chi connectivity index (χ1v) is 7.61. The largest absolute Gasteiger partial charge is 0.452 e. The quantitative estimate of drug-likeness (QED) is 0.465. The van der Waals surface area contributed by atoms with Gasteiger partial charge in [0.15, 0.2) is 5.78 Å². The van der Waals surface area contributed by atoms with Crippen LogP contribution < -0.4 is 0 Å². The van der Waals surface area contributed by atoms with E-state index in [1.807, 2.05) is 6.07 Å². The number of carbonyl (C=O) groups excluding carboxylic acids is 2. The highest BCUT2D eigenvalue weighted by Gasteiger charge is 2.40. The maximum atomic E-state index is 12.5. The first kappa shape index (κ1) is 14.3. The molecule has 1 heterocycles. The zero-order chi connectivity index (χ0) is 15.0. The number of ketones is 1. The fourth-order valence-electron chi connectivity index (χ4n) is 2.35. The molecule has 0 N–H and O–H groups in total. The molecule has 0 aromatic heterocycles. The van der Waals surface area contributed by atoms with Crippen LogP contribution in [0.5, 0.6) is 0 Å². The fraction of sp³-hybridized carbons (Fsp3) is 0.125. The van der Waals surface area contributed by atoms with Gasteiger partial charge in [-0.15, -0.1) is 0 Å². The Morgan fingerprint density at radius 2 is 1.86 bits per heavy atom. The molecular weight excluding hydrogens is 356 g/mol. The molecule has 0 spiro atoms. The number of alkyl halides is 1. The van der Waals surface area contributed by atoms with E-state index in [1.54, 1.807) is 42.5 Å². The Morgan fingerprint density at radius 3 is 2.57 bits per heavy atom.